The first-order valence-corrected chi connectivity index (χ1v) is 10.1. The Bertz CT molecular complexity index is 542. The SMILES string of the molecule is COC(=O)CCNC(=O)[C@@H]1O[PH](O)(N[C@H](C(=O)O)C(C)C)OCC1(C)C. The van der Waals surface area contributed by atoms with Gasteiger partial charge in [-0.3, -0.25) is 0 Å². The fourth-order valence-corrected chi connectivity index (χ4v) is 4.77. The van der Waals surface area contributed by atoms with Crippen molar-refractivity contribution in [1.82, 2.24) is 10.4 Å². The number of nitrogens with one attached hydrogen (secondary N) is 2. The molecule has 1 rings (SSSR count). The number of carboxylic acid groups (broad SMARTS) is 1. The van der Waals surface area contributed by atoms with Gasteiger partial charge in [-0.2, -0.15) is 0 Å². The van der Waals surface area contributed by atoms with Crippen LogP contribution in [0.3, 0.4) is 0 Å². The average molecular weight is 396 g/mol. The van der Waals surface area contributed by atoms with E-state index in [0.717, 1.165) is 0 Å². The van der Waals surface area contributed by atoms with Crippen LogP contribution in [0.4, 0.5) is 0 Å². The van der Waals surface area contributed by atoms with Crippen molar-refractivity contribution < 1.29 is 38.2 Å². The monoisotopic (exact) mass is 396 g/mol. The topological polar surface area (TPSA) is 143 Å². The Labute approximate surface area is 153 Å². The van der Waals surface area contributed by atoms with Crippen LogP contribution in [-0.4, -0.2) is 60.3 Å². The number of rotatable bonds is 8. The molecule has 2 atom stereocenters. The molecule has 0 radical (unpaired) electrons. The van der Waals surface area contributed by atoms with Crippen LogP contribution in [-0.2, 0) is 28.2 Å². The minimum atomic E-state index is -4.09. The zero-order valence-corrected chi connectivity index (χ0v) is 16.7. The van der Waals surface area contributed by atoms with Crippen LogP contribution in [0.1, 0.15) is 34.1 Å². The summed E-state index contributed by atoms with van der Waals surface area (Å²) in [6.07, 6.45) is -1.07. The molecule has 4 N–H and O–H groups in total. The molecule has 1 fully saturated rings. The molecule has 0 saturated carbocycles. The number of carbonyl (C=O) groups is 3. The molecule has 0 bridgehead atoms. The first kappa shape index (κ1) is 22.7. The Balaban J connectivity index is 2.82. The van der Waals surface area contributed by atoms with E-state index < -0.39 is 43.5 Å². The molecule has 0 unspecified atom stereocenters. The number of amides is 1. The van der Waals surface area contributed by atoms with Crippen molar-refractivity contribution >= 4 is 25.9 Å². The molecule has 1 saturated heterocycles. The first-order valence-electron chi connectivity index (χ1n) is 8.31. The van der Waals surface area contributed by atoms with Crippen LogP contribution in [0.2, 0.25) is 0 Å². The van der Waals surface area contributed by atoms with E-state index in [0.29, 0.717) is 0 Å². The van der Waals surface area contributed by atoms with E-state index in [4.69, 9.17) is 9.05 Å². The van der Waals surface area contributed by atoms with E-state index in [-0.39, 0.29) is 25.5 Å². The number of methoxy groups -OCH3 is 1. The molecule has 0 aromatic heterocycles. The molecule has 0 aromatic carbocycles. The van der Waals surface area contributed by atoms with Gasteiger partial charge in [0.05, 0.1) is 0 Å². The molecule has 0 spiro atoms. The van der Waals surface area contributed by atoms with E-state index in [9.17, 15) is 24.4 Å². The molecule has 0 aromatic rings. The number of aliphatic carboxylic acids is 1. The molecule has 26 heavy (non-hydrogen) atoms. The van der Waals surface area contributed by atoms with Gasteiger partial charge in [0.2, 0.25) is 0 Å². The normalized spacial score (nSPS) is 23.7. The van der Waals surface area contributed by atoms with Crippen LogP contribution in [0.25, 0.3) is 0 Å². The third-order valence-corrected chi connectivity index (χ3v) is 5.76. The quantitative estimate of drug-likeness (QED) is 0.334. The number of hydrogen-bond acceptors (Lipinski definition) is 8. The second-order valence-corrected chi connectivity index (χ2v) is 9.16. The summed E-state index contributed by atoms with van der Waals surface area (Å²) in [5, 5.41) is 14.4. The van der Waals surface area contributed by atoms with Gasteiger partial charge in [-0.05, 0) is 0 Å². The number of esters is 1. The summed E-state index contributed by atoms with van der Waals surface area (Å²) in [5.41, 5.74) is -0.757. The van der Waals surface area contributed by atoms with Gasteiger partial charge in [-0.1, -0.05) is 0 Å². The predicted molar refractivity (Wildman–Crippen MR) is 94.2 cm³/mol. The number of ether oxygens (including phenoxy) is 1. The molecule has 11 heteroatoms. The molecular formula is C15H29N2O8P. The first-order chi connectivity index (χ1) is 11.9. The number of carboxylic acids is 1. The van der Waals surface area contributed by atoms with Gasteiger partial charge in [-0.25, -0.2) is 0 Å². The van der Waals surface area contributed by atoms with Crippen LogP contribution >= 0.6 is 8.09 Å². The predicted octanol–water partition coefficient (Wildman–Crippen LogP) is 0.208. The van der Waals surface area contributed by atoms with Crippen LogP contribution < -0.4 is 10.4 Å². The van der Waals surface area contributed by atoms with Gasteiger partial charge in [0.15, 0.2) is 0 Å². The fourth-order valence-electron chi connectivity index (χ4n) is 2.39. The number of carbonyl (C=O) groups excluding carboxylic acids is 2. The molecule has 1 aliphatic heterocycles. The van der Waals surface area contributed by atoms with Gasteiger partial charge >= 0.3 is 152 Å². The Hall–Kier alpha value is -1.32. The summed E-state index contributed by atoms with van der Waals surface area (Å²) in [4.78, 5) is 45.5. The Morgan fingerprint density at radius 1 is 1.35 bits per heavy atom. The van der Waals surface area contributed by atoms with Gasteiger partial charge in [0.25, 0.3) is 0 Å². The van der Waals surface area contributed by atoms with Crippen molar-refractivity contribution in [3.63, 3.8) is 0 Å². The van der Waals surface area contributed by atoms with E-state index in [2.05, 4.69) is 15.1 Å². The van der Waals surface area contributed by atoms with Gasteiger partial charge in [-0.15, -0.1) is 0 Å². The molecule has 0 aliphatic carbocycles. The van der Waals surface area contributed by atoms with E-state index in [1.165, 1.54) is 7.11 Å². The summed E-state index contributed by atoms with van der Waals surface area (Å²) < 4.78 is 15.4. The zero-order chi connectivity index (χ0) is 20.1. The molecule has 10 nitrogen and oxygen atoms in total. The zero-order valence-electron chi connectivity index (χ0n) is 15.7. The number of hydrogen-bond donors (Lipinski definition) is 4. The molecule has 1 amide bonds. The van der Waals surface area contributed by atoms with Gasteiger partial charge in [0, 0.05) is 0 Å². The second-order valence-electron chi connectivity index (χ2n) is 7.18. The summed E-state index contributed by atoms with van der Waals surface area (Å²) >= 11 is 0. The van der Waals surface area contributed by atoms with E-state index >= 15 is 0 Å². The van der Waals surface area contributed by atoms with Gasteiger partial charge in [0.1, 0.15) is 0 Å². The van der Waals surface area contributed by atoms with Crippen LogP contribution in [0, 0.1) is 11.3 Å². The Morgan fingerprint density at radius 3 is 2.46 bits per heavy atom. The van der Waals surface area contributed by atoms with E-state index in [1.54, 1.807) is 27.7 Å². The van der Waals surface area contributed by atoms with Crippen molar-refractivity contribution in [3.05, 3.63) is 0 Å². The van der Waals surface area contributed by atoms with Crippen molar-refractivity contribution in [3.8, 4) is 0 Å². The summed E-state index contributed by atoms with van der Waals surface area (Å²) in [6.45, 7) is 6.85. The summed E-state index contributed by atoms with van der Waals surface area (Å²) in [6, 6.07) is -1.09. The van der Waals surface area contributed by atoms with Gasteiger partial charge < -0.3 is 0 Å². The van der Waals surface area contributed by atoms with Crippen molar-refractivity contribution in [1.29, 1.82) is 0 Å². The molecule has 1 aliphatic rings. The Morgan fingerprint density at radius 2 is 1.96 bits per heavy atom. The maximum atomic E-state index is 12.4. The third kappa shape index (κ3) is 6.14. The fraction of sp³-hybridized carbons (Fsp3) is 0.800. The van der Waals surface area contributed by atoms with Crippen molar-refractivity contribution in [2.75, 3.05) is 20.3 Å². The van der Waals surface area contributed by atoms with Crippen LogP contribution in [0.5, 0.6) is 0 Å². The second kappa shape index (κ2) is 9.05. The minimum absolute atomic E-state index is 0.000271. The van der Waals surface area contributed by atoms with Crippen LogP contribution in [0.15, 0.2) is 0 Å². The summed E-state index contributed by atoms with van der Waals surface area (Å²) in [7, 11) is -2.84. The average Bonchev–Trinajstić information content (AvgIpc) is 2.54. The van der Waals surface area contributed by atoms with Crippen molar-refractivity contribution in [2.45, 2.75) is 46.3 Å². The van der Waals surface area contributed by atoms with E-state index in [1.807, 2.05) is 0 Å². The molecule has 152 valence electrons. The molecule has 1 heterocycles. The standard InChI is InChI=1S/C15H29N2O8P/c1-9(2)11(14(20)21)17-26(22)24-8-15(3,4)12(25-26)13(19)16-7-6-10(18)23-5/h9,11-12,17,22,26H,6-8H2,1-5H3,(H,16,19)(H,20,21)/t11-,12-/m0/s1. The Kier molecular flexibility index (Phi) is 7.91. The third-order valence-electron chi connectivity index (χ3n) is 3.99. The van der Waals surface area contributed by atoms with Crippen molar-refractivity contribution in [2.24, 2.45) is 11.3 Å². The maximum absolute atomic E-state index is 12.4. The summed E-state index contributed by atoms with van der Waals surface area (Å²) in [5.74, 6) is -2.48. The molecular weight excluding hydrogens is 367 g/mol.